The van der Waals surface area contributed by atoms with Gasteiger partial charge >= 0.3 is 0 Å². The molecule has 0 spiro atoms. The molecule has 0 radical (unpaired) electrons. The molecule has 1 aliphatic heterocycles. The van der Waals surface area contributed by atoms with E-state index in [-0.39, 0.29) is 11.7 Å². The lowest BCUT2D eigenvalue weighted by atomic mass is 9.91. The summed E-state index contributed by atoms with van der Waals surface area (Å²) in [7, 11) is 0. The molecule has 1 aromatic heterocycles. The number of fused-ring (bicyclic) bond motifs is 2. The van der Waals surface area contributed by atoms with E-state index in [0.717, 1.165) is 49.2 Å². The second-order valence-corrected chi connectivity index (χ2v) is 6.04. The maximum Gasteiger partial charge on any atom is 0.219 e. The third-order valence-corrected chi connectivity index (χ3v) is 4.54. The lowest BCUT2D eigenvalue weighted by Crippen LogP contribution is -2.04. The van der Waals surface area contributed by atoms with E-state index in [4.69, 9.17) is 0 Å². The van der Waals surface area contributed by atoms with Crippen LogP contribution in [-0.4, -0.2) is 20.4 Å². The van der Waals surface area contributed by atoms with Gasteiger partial charge in [0.15, 0.2) is 5.78 Å². The summed E-state index contributed by atoms with van der Waals surface area (Å²) in [5.74, 6) is 1.04. The standard InChI is InChI=1S/C19H18N2O2/c22-17-10-9-13-6-3-4-7-14(13)15(17)12-16-19(23)21-11-5-1-2-8-18(21)20-16/h3-4,6-7,9-10,12,23H,1-2,5,8,11H2. The Balaban J connectivity index is 1.82. The van der Waals surface area contributed by atoms with Gasteiger partial charge in [0.05, 0.1) is 0 Å². The summed E-state index contributed by atoms with van der Waals surface area (Å²) in [5, 5.41) is 10.5. The van der Waals surface area contributed by atoms with E-state index in [1.54, 1.807) is 12.2 Å². The van der Waals surface area contributed by atoms with E-state index in [9.17, 15) is 9.90 Å². The Labute approximate surface area is 134 Å². The second-order valence-electron chi connectivity index (χ2n) is 6.04. The number of aromatic nitrogens is 2. The van der Waals surface area contributed by atoms with Gasteiger partial charge < -0.3 is 5.11 Å². The summed E-state index contributed by atoms with van der Waals surface area (Å²) in [6.07, 6.45) is 9.32. The molecule has 4 rings (SSSR count). The third kappa shape index (κ3) is 2.40. The Kier molecular flexibility index (Phi) is 3.37. The first-order valence-corrected chi connectivity index (χ1v) is 8.06. The highest BCUT2D eigenvalue weighted by atomic mass is 16.3. The number of nitrogens with zero attached hydrogens (tertiary/aromatic N) is 2. The molecule has 0 fully saturated rings. The van der Waals surface area contributed by atoms with Crippen molar-refractivity contribution >= 4 is 23.5 Å². The van der Waals surface area contributed by atoms with Crippen LogP contribution in [0.1, 0.15) is 41.9 Å². The smallest absolute Gasteiger partial charge is 0.219 e. The van der Waals surface area contributed by atoms with Crippen LogP contribution in [0.5, 0.6) is 5.88 Å². The zero-order chi connectivity index (χ0) is 15.8. The van der Waals surface area contributed by atoms with Crippen LogP contribution in [0, 0.1) is 0 Å². The van der Waals surface area contributed by atoms with Gasteiger partial charge in [0.1, 0.15) is 11.5 Å². The molecule has 2 aromatic rings. The Bertz CT molecular complexity index is 843. The molecule has 2 heterocycles. The third-order valence-electron chi connectivity index (χ3n) is 4.54. The van der Waals surface area contributed by atoms with Gasteiger partial charge in [-0.2, -0.15) is 0 Å². The summed E-state index contributed by atoms with van der Waals surface area (Å²) >= 11 is 0. The molecule has 2 aliphatic rings. The van der Waals surface area contributed by atoms with Gasteiger partial charge in [0.2, 0.25) is 5.88 Å². The number of hydrogen-bond donors (Lipinski definition) is 1. The highest BCUT2D eigenvalue weighted by Gasteiger charge is 2.21. The number of allylic oxidation sites excluding steroid dienone is 2. The summed E-state index contributed by atoms with van der Waals surface area (Å²) in [6.45, 7) is 0.793. The maximum absolute atomic E-state index is 12.3. The van der Waals surface area contributed by atoms with Crippen molar-refractivity contribution in [3.05, 3.63) is 53.0 Å². The number of aromatic hydroxyl groups is 1. The minimum absolute atomic E-state index is 0.0497. The van der Waals surface area contributed by atoms with Crippen molar-refractivity contribution in [2.75, 3.05) is 0 Å². The molecule has 0 amide bonds. The number of imidazole rings is 1. The first kappa shape index (κ1) is 14.0. The first-order valence-electron chi connectivity index (χ1n) is 8.06. The fourth-order valence-electron chi connectivity index (χ4n) is 3.32. The second kappa shape index (κ2) is 5.54. The molecule has 4 heteroatoms. The topological polar surface area (TPSA) is 55.1 Å². The van der Waals surface area contributed by atoms with Gasteiger partial charge in [-0.25, -0.2) is 4.98 Å². The summed E-state index contributed by atoms with van der Waals surface area (Å²) in [5.41, 5.74) is 2.99. The molecule has 0 unspecified atom stereocenters. The van der Waals surface area contributed by atoms with Crippen LogP contribution in [0.15, 0.2) is 30.3 Å². The van der Waals surface area contributed by atoms with Crippen molar-refractivity contribution in [3.8, 4) is 5.88 Å². The molecule has 1 aliphatic carbocycles. The number of carbonyl (C=O) groups is 1. The first-order chi connectivity index (χ1) is 11.2. The largest absolute Gasteiger partial charge is 0.493 e. The van der Waals surface area contributed by atoms with Crippen LogP contribution in [0.4, 0.5) is 0 Å². The summed E-state index contributed by atoms with van der Waals surface area (Å²) in [4.78, 5) is 16.9. The number of rotatable bonds is 1. The van der Waals surface area contributed by atoms with E-state index >= 15 is 0 Å². The van der Waals surface area contributed by atoms with E-state index in [1.807, 2.05) is 34.9 Å². The van der Waals surface area contributed by atoms with Crippen molar-refractivity contribution in [2.24, 2.45) is 0 Å². The molecule has 0 bridgehead atoms. The van der Waals surface area contributed by atoms with Crippen LogP contribution < -0.4 is 0 Å². The van der Waals surface area contributed by atoms with Crippen molar-refractivity contribution in [1.29, 1.82) is 0 Å². The number of aryl methyl sites for hydroxylation is 1. The molecule has 4 nitrogen and oxygen atoms in total. The number of benzene rings is 1. The summed E-state index contributed by atoms with van der Waals surface area (Å²) < 4.78 is 1.88. The lowest BCUT2D eigenvalue weighted by molar-refractivity contribution is -0.109. The quantitative estimate of drug-likeness (QED) is 0.821. The average Bonchev–Trinajstić information content (AvgIpc) is 2.75. The fraction of sp³-hybridized carbons (Fsp3) is 0.263. The number of ketones is 1. The highest BCUT2D eigenvalue weighted by Crippen LogP contribution is 2.31. The molecule has 0 atom stereocenters. The van der Waals surface area contributed by atoms with Crippen LogP contribution in [0.2, 0.25) is 0 Å². The van der Waals surface area contributed by atoms with Gasteiger partial charge in [-0.3, -0.25) is 9.36 Å². The maximum atomic E-state index is 12.3. The van der Waals surface area contributed by atoms with Crippen molar-refractivity contribution in [1.82, 2.24) is 9.55 Å². The van der Waals surface area contributed by atoms with Crippen molar-refractivity contribution < 1.29 is 9.90 Å². The predicted molar refractivity (Wildman–Crippen MR) is 89.8 cm³/mol. The monoisotopic (exact) mass is 306 g/mol. The van der Waals surface area contributed by atoms with Crippen molar-refractivity contribution in [3.63, 3.8) is 0 Å². The Morgan fingerprint density at radius 1 is 1.13 bits per heavy atom. The minimum Gasteiger partial charge on any atom is -0.493 e. The molecule has 23 heavy (non-hydrogen) atoms. The molecule has 1 aromatic carbocycles. The Morgan fingerprint density at radius 3 is 2.91 bits per heavy atom. The van der Waals surface area contributed by atoms with Crippen LogP contribution in [0.25, 0.3) is 17.7 Å². The zero-order valence-electron chi connectivity index (χ0n) is 12.8. The van der Waals surface area contributed by atoms with Gasteiger partial charge in [-0.15, -0.1) is 0 Å². The fourth-order valence-corrected chi connectivity index (χ4v) is 3.32. The highest BCUT2D eigenvalue weighted by molar-refractivity contribution is 6.33. The predicted octanol–water partition coefficient (Wildman–Crippen LogP) is 3.45. The Morgan fingerprint density at radius 2 is 2.00 bits per heavy atom. The van der Waals surface area contributed by atoms with E-state index in [1.165, 1.54) is 0 Å². The molecule has 0 saturated carbocycles. The van der Waals surface area contributed by atoms with Crippen molar-refractivity contribution in [2.45, 2.75) is 32.2 Å². The van der Waals surface area contributed by atoms with Gasteiger partial charge in [-0.1, -0.05) is 36.8 Å². The molecule has 116 valence electrons. The Hall–Kier alpha value is -2.62. The zero-order valence-corrected chi connectivity index (χ0v) is 12.8. The van der Waals surface area contributed by atoms with E-state index in [0.29, 0.717) is 11.3 Å². The van der Waals surface area contributed by atoms with Crippen LogP contribution in [0.3, 0.4) is 0 Å². The summed E-state index contributed by atoms with van der Waals surface area (Å²) in [6, 6.07) is 7.78. The molecule has 1 N–H and O–H groups in total. The van der Waals surface area contributed by atoms with Crippen LogP contribution >= 0.6 is 0 Å². The lowest BCUT2D eigenvalue weighted by Gasteiger charge is -2.12. The normalized spacial score (nSPS) is 18.6. The van der Waals surface area contributed by atoms with Crippen LogP contribution in [-0.2, 0) is 17.8 Å². The number of hydrogen-bond acceptors (Lipinski definition) is 3. The molecular weight excluding hydrogens is 288 g/mol. The minimum atomic E-state index is -0.0497. The van der Waals surface area contributed by atoms with Gasteiger partial charge in [0.25, 0.3) is 0 Å². The molecular formula is C19H18N2O2. The average molecular weight is 306 g/mol. The number of carbonyl (C=O) groups excluding carboxylic acids is 1. The van der Waals surface area contributed by atoms with E-state index in [2.05, 4.69) is 4.98 Å². The van der Waals surface area contributed by atoms with Gasteiger partial charge in [-0.05, 0) is 36.1 Å². The van der Waals surface area contributed by atoms with E-state index < -0.39 is 0 Å². The SMILES string of the molecule is O=C1C=Cc2ccccc2C1=Cc1nc2n(c1O)CCCCC2. The molecule has 0 saturated heterocycles. The van der Waals surface area contributed by atoms with Gasteiger partial charge in [0, 0.05) is 18.5 Å².